The first kappa shape index (κ1) is 15.2. The molecule has 0 atom stereocenters. The summed E-state index contributed by atoms with van der Waals surface area (Å²) in [5.41, 5.74) is -0.967. The quantitative estimate of drug-likeness (QED) is 0.638. The van der Waals surface area contributed by atoms with E-state index in [2.05, 4.69) is 4.98 Å². The summed E-state index contributed by atoms with van der Waals surface area (Å²) in [5.74, 6) is -0.240. The summed E-state index contributed by atoms with van der Waals surface area (Å²) in [5, 5.41) is -0.0558. The fourth-order valence-electron chi connectivity index (χ4n) is 1.36. The van der Waals surface area contributed by atoms with Crippen LogP contribution in [0.15, 0.2) is 30.3 Å². The first-order valence-electron chi connectivity index (χ1n) is 5.14. The van der Waals surface area contributed by atoms with Crippen LogP contribution in [0.5, 0.6) is 11.6 Å². The van der Waals surface area contributed by atoms with Crippen LogP contribution in [0.2, 0.25) is 15.2 Å². The number of aromatic nitrogens is 1. The molecule has 0 saturated carbocycles. The average molecular weight is 343 g/mol. The molecule has 0 fully saturated rings. The van der Waals surface area contributed by atoms with Crippen molar-refractivity contribution < 1.29 is 17.9 Å². The molecule has 106 valence electrons. The Kier molecular flexibility index (Phi) is 4.32. The Morgan fingerprint density at radius 3 is 2.40 bits per heavy atom. The molecular weight excluding hydrogens is 337 g/mol. The van der Waals surface area contributed by atoms with Crippen LogP contribution in [-0.4, -0.2) is 4.98 Å². The summed E-state index contributed by atoms with van der Waals surface area (Å²) in [6.07, 6.45) is -4.55. The van der Waals surface area contributed by atoms with Gasteiger partial charge in [-0.1, -0.05) is 40.9 Å². The van der Waals surface area contributed by atoms with Crippen LogP contribution in [-0.2, 0) is 6.18 Å². The molecule has 8 heteroatoms. The highest BCUT2D eigenvalue weighted by molar-refractivity contribution is 6.42. The predicted molar refractivity (Wildman–Crippen MR) is 70.8 cm³/mol. The van der Waals surface area contributed by atoms with Gasteiger partial charge in [0.15, 0.2) is 0 Å². The number of benzene rings is 1. The first-order chi connectivity index (χ1) is 9.27. The summed E-state index contributed by atoms with van der Waals surface area (Å²) < 4.78 is 43.1. The maximum atomic E-state index is 12.6. The van der Waals surface area contributed by atoms with Gasteiger partial charge in [0, 0.05) is 6.07 Å². The number of pyridine rings is 1. The highest BCUT2D eigenvalue weighted by atomic mass is 35.5. The molecule has 0 bridgehead atoms. The molecule has 2 rings (SSSR count). The van der Waals surface area contributed by atoms with Crippen LogP contribution < -0.4 is 4.74 Å². The van der Waals surface area contributed by atoms with Crippen molar-refractivity contribution in [1.29, 1.82) is 0 Å². The van der Waals surface area contributed by atoms with E-state index in [0.29, 0.717) is 6.07 Å². The second-order valence-electron chi connectivity index (χ2n) is 3.67. The topological polar surface area (TPSA) is 22.1 Å². The Morgan fingerprint density at radius 2 is 1.75 bits per heavy atom. The minimum Gasteiger partial charge on any atom is -0.437 e. The Morgan fingerprint density at radius 1 is 1.05 bits per heavy atom. The van der Waals surface area contributed by atoms with Gasteiger partial charge in [-0.15, -0.1) is 0 Å². The molecule has 0 radical (unpaired) electrons. The predicted octanol–water partition coefficient (Wildman–Crippen LogP) is 5.85. The zero-order valence-electron chi connectivity index (χ0n) is 9.51. The van der Waals surface area contributed by atoms with Crippen molar-refractivity contribution in [3.05, 3.63) is 51.1 Å². The lowest BCUT2D eigenvalue weighted by molar-refractivity contribution is -0.137. The number of hydrogen-bond donors (Lipinski definition) is 0. The van der Waals surface area contributed by atoms with Crippen molar-refractivity contribution in [3.63, 3.8) is 0 Å². The largest absolute Gasteiger partial charge is 0.437 e. The summed E-state index contributed by atoms with van der Waals surface area (Å²) in [7, 11) is 0. The third kappa shape index (κ3) is 3.48. The van der Waals surface area contributed by atoms with Crippen LogP contribution in [0.4, 0.5) is 13.2 Å². The molecule has 2 nitrogen and oxygen atoms in total. The molecule has 1 heterocycles. The van der Waals surface area contributed by atoms with Gasteiger partial charge in [-0.3, -0.25) is 0 Å². The van der Waals surface area contributed by atoms with E-state index in [0.717, 1.165) is 6.07 Å². The van der Waals surface area contributed by atoms with Gasteiger partial charge in [-0.25, -0.2) is 4.98 Å². The molecule has 2 aromatic rings. The number of nitrogens with zero attached hydrogens (tertiary/aromatic N) is 1. The molecule has 0 aliphatic heterocycles. The van der Waals surface area contributed by atoms with E-state index in [-0.39, 0.29) is 26.8 Å². The SMILES string of the molecule is FC(F)(F)c1cc(Cl)nc(Oc2cccc(Cl)c2Cl)c1. The Bertz CT molecular complexity index is 646. The number of hydrogen-bond acceptors (Lipinski definition) is 2. The Balaban J connectivity index is 2.39. The van der Waals surface area contributed by atoms with Crippen LogP contribution >= 0.6 is 34.8 Å². The molecular formula is C12H5Cl3F3NO. The van der Waals surface area contributed by atoms with Crippen molar-refractivity contribution in [2.75, 3.05) is 0 Å². The molecule has 0 aliphatic carbocycles. The number of ether oxygens (including phenoxy) is 1. The van der Waals surface area contributed by atoms with Gasteiger partial charge in [0.05, 0.1) is 10.6 Å². The van der Waals surface area contributed by atoms with Gasteiger partial charge in [0.2, 0.25) is 5.88 Å². The number of alkyl halides is 3. The van der Waals surface area contributed by atoms with E-state index < -0.39 is 11.7 Å². The third-order valence-corrected chi connectivity index (χ3v) is 3.22. The highest BCUT2D eigenvalue weighted by Crippen LogP contribution is 2.37. The normalized spacial score (nSPS) is 11.5. The van der Waals surface area contributed by atoms with E-state index in [1.54, 1.807) is 6.07 Å². The average Bonchev–Trinajstić information content (AvgIpc) is 2.33. The standard InChI is InChI=1S/C12H5Cl3F3NO/c13-7-2-1-3-8(11(7)15)20-10-5-6(12(16,17)18)4-9(14)19-10/h1-5H. The first-order valence-corrected chi connectivity index (χ1v) is 6.27. The number of halogens is 6. The molecule has 0 aliphatic rings. The second-order valence-corrected chi connectivity index (χ2v) is 4.84. The summed E-state index contributed by atoms with van der Waals surface area (Å²) in [6.45, 7) is 0. The van der Waals surface area contributed by atoms with Gasteiger partial charge < -0.3 is 4.74 Å². The maximum Gasteiger partial charge on any atom is 0.416 e. The van der Waals surface area contributed by atoms with Gasteiger partial charge in [-0.2, -0.15) is 13.2 Å². The molecule has 0 spiro atoms. The van der Waals surface area contributed by atoms with E-state index in [1.807, 2.05) is 0 Å². The molecule has 0 amide bonds. The van der Waals surface area contributed by atoms with E-state index in [1.165, 1.54) is 12.1 Å². The Hall–Kier alpha value is -1.17. The van der Waals surface area contributed by atoms with Crippen molar-refractivity contribution in [1.82, 2.24) is 4.98 Å². The molecule has 0 saturated heterocycles. The Labute approximate surface area is 127 Å². The van der Waals surface area contributed by atoms with Gasteiger partial charge in [0.1, 0.15) is 15.9 Å². The lowest BCUT2D eigenvalue weighted by atomic mass is 10.2. The summed E-state index contributed by atoms with van der Waals surface area (Å²) in [6, 6.07) is 5.93. The lowest BCUT2D eigenvalue weighted by Gasteiger charge is -2.11. The smallest absolute Gasteiger partial charge is 0.416 e. The van der Waals surface area contributed by atoms with Gasteiger partial charge >= 0.3 is 6.18 Å². The van der Waals surface area contributed by atoms with Crippen molar-refractivity contribution in [2.24, 2.45) is 0 Å². The summed E-state index contributed by atoms with van der Waals surface area (Å²) in [4.78, 5) is 3.65. The van der Waals surface area contributed by atoms with E-state index in [4.69, 9.17) is 39.5 Å². The third-order valence-electron chi connectivity index (χ3n) is 2.23. The fourth-order valence-corrected chi connectivity index (χ4v) is 1.90. The van der Waals surface area contributed by atoms with E-state index in [9.17, 15) is 13.2 Å². The monoisotopic (exact) mass is 341 g/mol. The molecule has 1 aromatic carbocycles. The molecule has 0 N–H and O–H groups in total. The van der Waals surface area contributed by atoms with Crippen LogP contribution in [0.3, 0.4) is 0 Å². The summed E-state index contributed by atoms with van der Waals surface area (Å²) >= 11 is 17.2. The van der Waals surface area contributed by atoms with E-state index >= 15 is 0 Å². The van der Waals surface area contributed by atoms with Crippen molar-refractivity contribution >= 4 is 34.8 Å². The minimum atomic E-state index is -4.55. The second kappa shape index (κ2) is 5.68. The van der Waals surface area contributed by atoms with Crippen molar-refractivity contribution in [3.8, 4) is 11.6 Å². The fraction of sp³-hybridized carbons (Fsp3) is 0.0833. The molecule has 0 unspecified atom stereocenters. The van der Waals surface area contributed by atoms with Gasteiger partial charge in [0.25, 0.3) is 0 Å². The van der Waals surface area contributed by atoms with Crippen LogP contribution in [0.25, 0.3) is 0 Å². The zero-order chi connectivity index (χ0) is 14.9. The maximum absolute atomic E-state index is 12.6. The molecule has 20 heavy (non-hydrogen) atoms. The number of rotatable bonds is 2. The molecule has 1 aromatic heterocycles. The minimum absolute atomic E-state index is 0.0736. The lowest BCUT2D eigenvalue weighted by Crippen LogP contribution is -2.05. The zero-order valence-corrected chi connectivity index (χ0v) is 11.8. The van der Waals surface area contributed by atoms with Crippen LogP contribution in [0.1, 0.15) is 5.56 Å². The van der Waals surface area contributed by atoms with Crippen molar-refractivity contribution in [2.45, 2.75) is 6.18 Å². The van der Waals surface area contributed by atoms with Crippen LogP contribution in [0, 0.1) is 0 Å². The van der Waals surface area contributed by atoms with Gasteiger partial charge in [-0.05, 0) is 18.2 Å². The highest BCUT2D eigenvalue weighted by Gasteiger charge is 2.32.